The SMILES string of the molecule is CCc1cc(C(N)=O)ccc1-n1nc(C(C)C)c2c(-n3ccnc3-c3nccn3-c3ccnc4c3c(C(C)C)nn4-c3ccc(C(N)=O)cc3CC)ccnc21. The van der Waals surface area contributed by atoms with Gasteiger partial charge in [0.15, 0.2) is 22.9 Å². The van der Waals surface area contributed by atoms with Gasteiger partial charge in [0.2, 0.25) is 11.8 Å². The van der Waals surface area contributed by atoms with E-state index in [-0.39, 0.29) is 11.8 Å². The monoisotopic (exact) mass is 746 g/mol. The third-order valence-electron chi connectivity index (χ3n) is 10.2. The van der Waals surface area contributed by atoms with Crippen LogP contribution in [0.4, 0.5) is 0 Å². The predicted molar refractivity (Wildman–Crippen MR) is 215 cm³/mol. The maximum atomic E-state index is 12.0. The van der Waals surface area contributed by atoms with Crippen LogP contribution in [0, 0.1) is 0 Å². The van der Waals surface area contributed by atoms with E-state index in [1.165, 1.54) is 0 Å². The van der Waals surface area contributed by atoms with Crippen LogP contribution in [0.25, 0.3) is 56.5 Å². The summed E-state index contributed by atoms with van der Waals surface area (Å²) in [5, 5.41) is 12.0. The summed E-state index contributed by atoms with van der Waals surface area (Å²) < 4.78 is 7.77. The molecule has 0 atom stereocenters. The second-order valence-electron chi connectivity index (χ2n) is 14.3. The number of aromatic nitrogens is 10. The Kier molecular flexibility index (Phi) is 9.03. The number of rotatable bonds is 11. The second-order valence-corrected chi connectivity index (χ2v) is 14.3. The van der Waals surface area contributed by atoms with Crippen LogP contribution in [-0.2, 0) is 12.8 Å². The molecule has 0 aliphatic rings. The summed E-state index contributed by atoms with van der Waals surface area (Å²) in [6.45, 7) is 12.5. The Balaban J connectivity index is 1.30. The molecule has 0 spiro atoms. The van der Waals surface area contributed by atoms with Crippen LogP contribution in [0.15, 0.2) is 85.7 Å². The van der Waals surface area contributed by atoms with Gasteiger partial charge in [-0.25, -0.2) is 29.3 Å². The summed E-state index contributed by atoms with van der Waals surface area (Å²) in [4.78, 5) is 43.5. The minimum absolute atomic E-state index is 0.0574. The summed E-state index contributed by atoms with van der Waals surface area (Å²) in [5.74, 6) is 0.389. The van der Waals surface area contributed by atoms with Crippen molar-refractivity contribution < 1.29 is 9.59 Å². The number of hydrogen-bond acceptors (Lipinski definition) is 8. The van der Waals surface area contributed by atoms with Crippen LogP contribution < -0.4 is 11.5 Å². The molecule has 6 aromatic heterocycles. The number of carbonyl (C=O) groups is 2. The Labute approximate surface area is 322 Å². The molecule has 0 saturated heterocycles. The maximum absolute atomic E-state index is 12.0. The zero-order valence-corrected chi connectivity index (χ0v) is 32.1. The first-order valence-corrected chi connectivity index (χ1v) is 18.7. The van der Waals surface area contributed by atoms with Crippen molar-refractivity contribution in [2.24, 2.45) is 11.5 Å². The zero-order valence-electron chi connectivity index (χ0n) is 32.1. The van der Waals surface area contributed by atoms with Crippen LogP contribution in [0.3, 0.4) is 0 Å². The molecule has 14 heteroatoms. The van der Waals surface area contributed by atoms with E-state index in [0.29, 0.717) is 46.9 Å². The minimum atomic E-state index is -0.477. The summed E-state index contributed by atoms with van der Waals surface area (Å²) in [7, 11) is 0. The lowest BCUT2D eigenvalue weighted by Gasteiger charge is -2.14. The van der Waals surface area contributed by atoms with E-state index in [9.17, 15) is 9.59 Å². The third kappa shape index (κ3) is 5.81. The van der Waals surface area contributed by atoms with Gasteiger partial charge >= 0.3 is 0 Å². The lowest BCUT2D eigenvalue weighted by molar-refractivity contribution is 0.0991. The summed E-state index contributed by atoms with van der Waals surface area (Å²) >= 11 is 0. The van der Waals surface area contributed by atoms with Crippen molar-refractivity contribution in [3.05, 3.63) is 119 Å². The van der Waals surface area contributed by atoms with Crippen molar-refractivity contribution in [3.8, 4) is 34.4 Å². The molecule has 0 fully saturated rings. The molecule has 0 unspecified atom stereocenters. The van der Waals surface area contributed by atoms with Gasteiger partial charge < -0.3 is 11.5 Å². The van der Waals surface area contributed by atoms with Crippen LogP contribution in [0.1, 0.15) is 96.6 Å². The number of amides is 2. The predicted octanol–water partition coefficient (Wildman–Crippen LogP) is 6.76. The fourth-order valence-electron chi connectivity index (χ4n) is 7.43. The van der Waals surface area contributed by atoms with E-state index in [4.69, 9.17) is 41.6 Å². The van der Waals surface area contributed by atoms with Gasteiger partial charge in [0, 0.05) is 48.3 Å². The quantitative estimate of drug-likeness (QED) is 0.145. The first-order chi connectivity index (χ1) is 27.0. The molecule has 14 nitrogen and oxygen atoms in total. The molecule has 8 rings (SSSR count). The number of primary amides is 2. The van der Waals surface area contributed by atoms with Gasteiger partial charge in [0.05, 0.1) is 44.9 Å². The smallest absolute Gasteiger partial charge is 0.248 e. The fourth-order valence-corrected chi connectivity index (χ4v) is 7.43. The number of benzene rings is 2. The van der Waals surface area contributed by atoms with Gasteiger partial charge in [-0.05, 0) is 84.3 Å². The summed E-state index contributed by atoms with van der Waals surface area (Å²) in [6.07, 6.45) is 12.3. The number of aryl methyl sites for hydroxylation is 2. The van der Waals surface area contributed by atoms with Crippen molar-refractivity contribution in [3.63, 3.8) is 0 Å². The number of hydrogen-bond donors (Lipinski definition) is 2. The van der Waals surface area contributed by atoms with Gasteiger partial charge in [-0.1, -0.05) is 41.5 Å². The number of nitrogens with zero attached hydrogens (tertiary/aromatic N) is 10. The standard InChI is InChI=1S/C42H42N12O2/c1-7-25-21-27(37(43)55)9-11-29(25)53-39-33(35(49-53)23(3)4)31(13-15-45-39)51-19-17-47-41(51)42-48-18-20-52(42)32-14-16-46-40-34(32)36(24(5)6)50-54(40)30-12-10-28(38(44)56)22-26(30)8-2/h9-24H,7-8H2,1-6H3,(H2,43,55)(H2,44,56). The molecule has 0 bridgehead atoms. The molecule has 56 heavy (non-hydrogen) atoms. The van der Waals surface area contributed by atoms with E-state index < -0.39 is 11.8 Å². The molecule has 8 aromatic rings. The lowest BCUT2D eigenvalue weighted by Crippen LogP contribution is -2.12. The van der Waals surface area contributed by atoms with Crippen LogP contribution in [-0.4, -0.2) is 60.4 Å². The van der Waals surface area contributed by atoms with Gasteiger partial charge in [0.1, 0.15) is 0 Å². The normalized spacial score (nSPS) is 11.8. The molecule has 6 heterocycles. The van der Waals surface area contributed by atoms with Crippen LogP contribution in [0.2, 0.25) is 0 Å². The van der Waals surface area contributed by atoms with Crippen molar-refractivity contribution in [1.82, 2.24) is 48.6 Å². The molecule has 4 N–H and O–H groups in total. The van der Waals surface area contributed by atoms with E-state index >= 15 is 0 Å². The molecule has 282 valence electrons. The first-order valence-electron chi connectivity index (χ1n) is 18.7. The van der Waals surface area contributed by atoms with Gasteiger partial charge in [0.25, 0.3) is 0 Å². The first kappa shape index (κ1) is 36.0. The summed E-state index contributed by atoms with van der Waals surface area (Å²) in [5.41, 5.74) is 20.5. The van der Waals surface area contributed by atoms with Crippen molar-refractivity contribution in [2.75, 3.05) is 0 Å². The number of imidazole rings is 2. The molecular weight excluding hydrogens is 705 g/mol. The van der Waals surface area contributed by atoms with E-state index in [0.717, 1.165) is 56.0 Å². The highest BCUT2D eigenvalue weighted by Crippen LogP contribution is 2.36. The maximum Gasteiger partial charge on any atom is 0.248 e. The highest BCUT2D eigenvalue weighted by molar-refractivity contribution is 5.95. The number of pyridine rings is 2. The van der Waals surface area contributed by atoms with Crippen molar-refractivity contribution in [2.45, 2.75) is 66.2 Å². The van der Waals surface area contributed by atoms with Crippen LogP contribution in [0.5, 0.6) is 0 Å². The number of nitrogens with two attached hydrogens (primary N) is 2. The molecule has 0 aliphatic heterocycles. The Morgan fingerprint density at radius 2 is 0.982 bits per heavy atom. The van der Waals surface area contributed by atoms with Gasteiger partial charge in [-0.15, -0.1) is 0 Å². The Hall–Kier alpha value is -6.96. The second kappa shape index (κ2) is 14.0. The van der Waals surface area contributed by atoms with E-state index in [1.54, 1.807) is 36.9 Å². The molecule has 2 aromatic carbocycles. The van der Waals surface area contributed by atoms with E-state index in [1.807, 2.05) is 81.1 Å². The third-order valence-corrected chi connectivity index (χ3v) is 10.2. The Morgan fingerprint density at radius 3 is 1.34 bits per heavy atom. The van der Waals surface area contributed by atoms with Gasteiger partial charge in [-0.3, -0.25) is 18.7 Å². The largest absolute Gasteiger partial charge is 0.366 e. The topological polar surface area (TPSA) is 183 Å². The number of carbonyl (C=O) groups excluding carboxylic acids is 2. The molecule has 2 amide bonds. The molecular formula is C42H42N12O2. The zero-order chi connectivity index (χ0) is 39.4. The van der Waals surface area contributed by atoms with Crippen molar-refractivity contribution in [1.29, 1.82) is 0 Å². The minimum Gasteiger partial charge on any atom is -0.366 e. The molecule has 0 aliphatic carbocycles. The average Bonchev–Trinajstić information content (AvgIpc) is 4.01. The Morgan fingerprint density at radius 1 is 0.571 bits per heavy atom. The Bertz CT molecular complexity index is 2630. The lowest BCUT2D eigenvalue weighted by atomic mass is 10.1. The van der Waals surface area contributed by atoms with Crippen LogP contribution >= 0.6 is 0 Å². The van der Waals surface area contributed by atoms with E-state index in [2.05, 4.69) is 27.7 Å². The molecule has 0 saturated carbocycles. The highest BCUT2D eigenvalue weighted by atomic mass is 16.1. The fraction of sp³-hybridized carbons (Fsp3) is 0.238. The average molecular weight is 747 g/mol. The van der Waals surface area contributed by atoms with Gasteiger partial charge in [-0.2, -0.15) is 10.2 Å². The molecule has 0 radical (unpaired) electrons. The number of fused-ring (bicyclic) bond motifs is 2. The summed E-state index contributed by atoms with van der Waals surface area (Å²) in [6, 6.07) is 14.8. The highest BCUT2D eigenvalue weighted by Gasteiger charge is 2.26. The van der Waals surface area contributed by atoms with Crippen molar-refractivity contribution >= 4 is 33.9 Å².